The molecular weight excluding hydrogens is 369 g/mol. The number of hydrogen-bond acceptors (Lipinski definition) is 6. The molecule has 0 saturated heterocycles. The maximum absolute atomic E-state index is 10.9. The van der Waals surface area contributed by atoms with E-state index in [1.54, 1.807) is 24.3 Å². The van der Waals surface area contributed by atoms with E-state index in [2.05, 4.69) is 10.2 Å². The van der Waals surface area contributed by atoms with Crippen molar-refractivity contribution in [3.63, 3.8) is 0 Å². The topological polar surface area (TPSA) is 102 Å². The van der Waals surface area contributed by atoms with E-state index in [4.69, 9.17) is 27.6 Å². The molecule has 0 saturated carbocycles. The zero-order chi connectivity index (χ0) is 18.0. The Morgan fingerprint density at radius 2 is 1.92 bits per heavy atom. The number of nitro groups is 1. The van der Waals surface area contributed by atoms with Gasteiger partial charge < -0.3 is 9.52 Å². The van der Waals surface area contributed by atoms with Gasteiger partial charge in [0.05, 0.1) is 4.92 Å². The minimum atomic E-state index is -0.689. The van der Waals surface area contributed by atoms with Crippen molar-refractivity contribution in [2.75, 3.05) is 0 Å². The Hall–Kier alpha value is -2.90. The molecule has 0 bridgehead atoms. The van der Waals surface area contributed by atoms with Gasteiger partial charge in [0.1, 0.15) is 5.03 Å². The fraction of sp³-hybridized carbons (Fsp3) is 0. The summed E-state index contributed by atoms with van der Waals surface area (Å²) in [4.78, 5) is 10.2. The highest BCUT2D eigenvalue weighted by molar-refractivity contribution is 6.50. The molecule has 0 radical (unpaired) electrons. The average molecular weight is 378 g/mol. The van der Waals surface area contributed by atoms with E-state index >= 15 is 0 Å². The molecule has 126 valence electrons. The number of nitrogens with zero attached hydrogens (tertiary/aromatic N) is 3. The molecule has 0 spiro atoms. The first-order valence-corrected chi connectivity index (χ1v) is 7.64. The van der Waals surface area contributed by atoms with E-state index in [0.29, 0.717) is 16.1 Å². The summed E-state index contributed by atoms with van der Waals surface area (Å²) in [6.45, 7) is 0. The zero-order valence-corrected chi connectivity index (χ0v) is 13.9. The van der Waals surface area contributed by atoms with Crippen LogP contribution in [0.1, 0.15) is 11.5 Å². The Labute approximate surface area is 151 Å². The summed E-state index contributed by atoms with van der Waals surface area (Å²) >= 11 is 12.0. The number of nitro benzene ring substituents is 1. The normalized spacial score (nSPS) is 11.5. The number of aromatic nitrogens is 2. The van der Waals surface area contributed by atoms with Crippen LogP contribution >= 0.6 is 23.2 Å². The van der Waals surface area contributed by atoms with Gasteiger partial charge in [0.2, 0.25) is 5.89 Å². The van der Waals surface area contributed by atoms with E-state index < -0.39 is 16.4 Å². The molecule has 3 aromatic rings. The second kappa shape index (κ2) is 6.92. The lowest BCUT2D eigenvalue weighted by Gasteiger charge is -1.98. The van der Waals surface area contributed by atoms with Crippen LogP contribution in [-0.4, -0.2) is 20.2 Å². The van der Waals surface area contributed by atoms with Crippen LogP contribution in [0.4, 0.5) is 5.69 Å². The first-order chi connectivity index (χ1) is 11.9. The Bertz CT molecular complexity index is 968. The first kappa shape index (κ1) is 16.9. The van der Waals surface area contributed by atoms with Crippen LogP contribution in [0.5, 0.6) is 5.75 Å². The first-order valence-electron chi connectivity index (χ1n) is 6.88. The lowest BCUT2D eigenvalue weighted by molar-refractivity contribution is -0.385. The van der Waals surface area contributed by atoms with Gasteiger partial charge in [-0.1, -0.05) is 29.3 Å². The van der Waals surface area contributed by atoms with Crippen LogP contribution in [0.15, 0.2) is 46.9 Å². The second-order valence-electron chi connectivity index (χ2n) is 4.92. The van der Waals surface area contributed by atoms with E-state index in [-0.39, 0.29) is 16.8 Å². The van der Waals surface area contributed by atoms with Crippen molar-refractivity contribution in [2.24, 2.45) is 0 Å². The van der Waals surface area contributed by atoms with E-state index in [1.807, 2.05) is 0 Å². The van der Waals surface area contributed by atoms with Gasteiger partial charge in [0, 0.05) is 16.7 Å². The quantitative estimate of drug-likeness (QED) is 0.520. The summed E-state index contributed by atoms with van der Waals surface area (Å²) in [5.41, 5.74) is 0.652. The minimum absolute atomic E-state index is 0.0577. The van der Waals surface area contributed by atoms with Crippen LogP contribution in [0.3, 0.4) is 0 Å². The smallest absolute Gasteiger partial charge is 0.311 e. The van der Waals surface area contributed by atoms with Crippen molar-refractivity contribution < 1.29 is 14.4 Å². The molecule has 0 aliphatic carbocycles. The monoisotopic (exact) mass is 377 g/mol. The number of phenols is 1. The Balaban J connectivity index is 1.90. The van der Waals surface area contributed by atoms with Gasteiger partial charge in [-0.05, 0) is 42.0 Å². The van der Waals surface area contributed by atoms with Crippen molar-refractivity contribution in [3.8, 4) is 17.2 Å². The average Bonchev–Trinajstić information content (AvgIpc) is 3.07. The van der Waals surface area contributed by atoms with Gasteiger partial charge in [0.25, 0.3) is 5.89 Å². The second-order valence-corrected chi connectivity index (χ2v) is 5.76. The molecule has 1 aromatic heterocycles. The van der Waals surface area contributed by atoms with Crippen molar-refractivity contribution in [3.05, 3.63) is 69.1 Å². The SMILES string of the molecule is O=[N+]([O-])c1cc(/C=C(\Cl)c2nnc(-c3ccc(Cl)cc3)o2)ccc1O. The highest BCUT2D eigenvalue weighted by Crippen LogP contribution is 2.30. The van der Waals surface area contributed by atoms with Crippen LogP contribution in [0.2, 0.25) is 5.02 Å². The number of benzene rings is 2. The summed E-state index contributed by atoms with van der Waals surface area (Å²) < 4.78 is 5.50. The molecule has 1 N–H and O–H groups in total. The van der Waals surface area contributed by atoms with Gasteiger partial charge in [0.15, 0.2) is 5.75 Å². The molecular formula is C16H9Cl2N3O4. The fourth-order valence-corrected chi connectivity index (χ4v) is 2.34. The molecule has 0 amide bonds. The molecule has 0 unspecified atom stereocenters. The lowest BCUT2D eigenvalue weighted by Crippen LogP contribution is -1.89. The highest BCUT2D eigenvalue weighted by atomic mass is 35.5. The number of phenolic OH excluding ortho intramolecular Hbond substituents is 1. The number of aromatic hydroxyl groups is 1. The van der Waals surface area contributed by atoms with Crippen molar-refractivity contribution in [1.82, 2.24) is 10.2 Å². The number of rotatable bonds is 4. The summed E-state index contributed by atoms with van der Waals surface area (Å²) in [5, 5.41) is 28.8. The van der Waals surface area contributed by atoms with Crippen molar-refractivity contribution in [2.45, 2.75) is 0 Å². The molecule has 25 heavy (non-hydrogen) atoms. The van der Waals surface area contributed by atoms with Gasteiger partial charge in [-0.25, -0.2) is 0 Å². The maximum Gasteiger partial charge on any atom is 0.311 e. The Morgan fingerprint density at radius 3 is 2.60 bits per heavy atom. The van der Waals surface area contributed by atoms with Crippen LogP contribution in [-0.2, 0) is 0 Å². The van der Waals surface area contributed by atoms with Crippen molar-refractivity contribution in [1.29, 1.82) is 0 Å². The third-order valence-corrected chi connectivity index (χ3v) is 3.73. The molecule has 0 aliphatic rings. The van der Waals surface area contributed by atoms with Crippen LogP contribution in [0.25, 0.3) is 22.6 Å². The predicted molar refractivity (Wildman–Crippen MR) is 93.2 cm³/mol. The molecule has 1 heterocycles. The third-order valence-electron chi connectivity index (χ3n) is 3.21. The van der Waals surface area contributed by atoms with Gasteiger partial charge in [-0.2, -0.15) is 0 Å². The molecule has 0 fully saturated rings. The summed E-state index contributed by atoms with van der Waals surface area (Å²) in [7, 11) is 0. The number of hydrogen-bond donors (Lipinski definition) is 1. The standard InChI is InChI=1S/C16H9Cl2N3O4/c17-11-4-2-10(3-5-11)15-19-20-16(25-15)12(18)7-9-1-6-14(22)13(8-9)21(23)24/h1-8,22H/b12-7-. The zero-order valence-electron chi connectivity index (χ0n) is 12.4. The molecule has 7 nitrogen and oxygen atoms in total. The van der Waals surface area contributed by atoms with E-state index in [0.717, 1.165) is 0 Å². The van der Waals surface area contributed by atoms with Gasteiger partial charge in [-0.3, -0.25) is 10.1 Å². The molecule has 3 rings (SSSR count). The summed E-state index contributed by atoms with van der Waals surface area (Å²) in [6.07, 6.45) is 1.42. The van der Waals surface area contributed by atoms with Crippen LogP contribution < -0.4 is 0 Å². The van der Waals surface area contributed by atoms with Gasteiger partial charge >= 0.3 is 5.69 Å². The molecule has 2 aromatic carbocycles. The van der Waals surface area contributed by atoms with Crippen LogP contribution in [0, 0.1) is 10.1 Å². The Morgan fingerprint density at radius 1 is 1.20 bits per heavy atom. The summed E-state index contributed by atoms with van der Waals surface area (Å²) in [6, 6.07) is 10.7. The van der Waals surface area contributed by atoms with Gasteiger partial charge in [-0.15, -0.1) is 10.2 Å². The van der Waals surface area contributed by atoms with Crippen molar-refractivity contribution >= 4 is 40.0 Å². The maximum atomic E-state index is 10.9. The lowest BCUT2D eigenvalue weighted by atomic mass is 10.1. The minimum Gasteiger partial charge on any atom is -0.502 e. The molecule has 0 aliphatic heterocycles. The molecule has 0 atom stereocenters. The number of halogens is 2. The predicted octanol–water partition coefficient (Wildman–Crippen LogP) is 4.74. The largest absolute Gasteiger partial charge is 0.502 e. The summed E-state index contributed by atoms with van der Waals surface area (Å²) in [5.74, 6) is -0.113. The van der Waals surface area contributed by atoms with E-state index in [9.17, 15) is 15.2 Å². The molecule has 9 heteroatoms. The van der Waals surface area contributed by atoms with E-state index in [1.165, 1.54) is 24.3 Å². The third kappa shape index (κ3) is 3.78. The highest BCUT2D eigenvalue weighted by Gasteiger charge is 2.15. The fourth-order valence-electron chi connectivity index (χ4n) is 2.01. The Kier molecular flexibility index (Phi) is 4.69.